The number of ether oxygens (including phenoxy) is 1. The first kappa shape index (κ1) is 31.1. The standard InChI is InChI=1S/C32H33F3N6O2S/c1-20-17-21(2)27(22(3)18-20)40-15-6-16-44-30(40)37-29(42)38-31(4,5)24-9-7-23(8-10-24)28-36-19-41(39-28)25-11-13-26(14-12-25)43-32(33,34)35/h7-14,17-19H,6,15-16H2,1-5H3,(H,38,42). The summed E-state index contributed by atoms with van der Waals surface area (Å²) in [6.45, 7) is 10.9. The van der Waals surface area contributed by atoms with E-state index in [9.17, 15) is 18.0 Å². The number of carbonyl (C=O) groups is 1. The molecule has 12 heteroatoms. The van der Waals surface area contributed by atoms with Crippen molar-refractivity contribution >= 4 is 28.6 Å². The molecule has 5 rings (SSSR count). The van der Waals surface area contributed by atoms with Gasteiger partial charge in [-0.25, -0.2) is 14.5 Å². The van der Waals surface area contributed by atoms with Gasteiger partial charge < -0.3 is 15.0 Å². The molecule has 0 bridgehead atoms. The Morgan fingerprint density at radius 3 is 2.30 bits per heavy atom. The zero-order valence-electron chi connectivity index (χ0n) is 25.1. The van der Waals surface area contributed by atoms with Crippen molar-refractivity contribution in [2.75, 3.05) is 17.2 Å². The quantitative estimate of drug-likeness (QED) is 0.237. The second-order valence-electron chi connectivity index (χ2n) is 11.2. The van der Waals surface area contributed by atoms with Crippen LogP contribution in [0.1, 0.15) is 42.5 Å². The lowest BCUT2D eigenvalue weighted by Crippen LogP contribution is -2.41. The van der Waals surface area contributed by atoms with Crippen LogP contribution in [-0.4, -0.2) is 44.6 Å². The third kappa shape index (κ3) is 7.24. The molecule has 1 fully saturated rings. The van der Waals surface area contributed by atoms with Crippen molar-refractivity contribution in [1.29, 1.82) is 0 Å². The van der Waals surface area contributed by atoms with Gasteiger partial charge >= 0.3 is 12.4 Å². The number of rotatable bonds is 6. The van der Waals surface area contributed by atoms with Crippen LogP contribution in [-0.2, 0) is 5.54 Å². The van der Waals surface area contributed by atoms with Crippen molar-refractivity contribution < 1.29 is 22.7 Å². The summed E-state index contributed by atoms with van der Waals surface area (Å²) >= 11 is 1.59. The minimum atomic E-state index is -4.76. The molecular weight excluding hydrogens is 589 g/mol. The Bertz CT molecular complexity index is 1660. The number of anilines is 1. The van der Waals surface area contributed by atoms with E-state index in [0.717, 1.165) is 46.7 Å². The molecule has 0 aliphatic carbocycles. The molecule has 8 nitrogen and oxygen atoms in total. The molecule has 0 saturated carbocycles. The average Bonchev–Trinajstić information content (AvgIpc) is 3.43. The second-order valence-corrected chi connectivity index (χ2v) is 12.2. The topological polar surface area (TPSA) is 84.6 Å². The lowest BCUT2D eigenvalue weighted by molar-refractivity contribution is -0.274. The molecule has 1 N–H and O–H groups in total. The fraction of sp³-hybridized carbons (Fsp3) is 0.312. The first-order valence-electron chi connectivity index (χ1n) is 14.1. The number of aliphatic imine (C=N–C) groups is 1. The molecular formula is C32H33F3N6O2S. The Kier molecular flexibility index (Phi) is 8.73. The number of alkyl halides is 3. The minimum absolute atomic E-state index is 0.315. The first-order valence-corrected chi connectivity index (χ1v) is 15.1. The van der Waals surface area contributed by atoms with Crippen molar-refractivity contribution in [1.82, 2.24) is 20.1 Å². The zero-order valence-corrected chi connectivity index (χ0v) is 25.9. The molecule has 230 valence electrons. The van der Waals surface area contributed by atoms with Crippen molar-refractivity contribution in [3.05, 3.63) is 89.2 Å². The van der Waals surface area contributed by atoms with Crippen LogP contribution < -0.4 is 15.0 Å². The summed E-state index contributed by atoms with van der Waals surface area (Å²) < 4.78 is 42.7. The van der Waals surface area contributed by atoms with Crippen LogP contribution in [0, 0.1) is 20.8 Å². The summed E-state index contributed by atoms with van der Waals surface area (Å²) in [5.41, 5.74) is 6.05. The van der Waals surface area contributed by atoms with E-state index in [1.54, 1.807) is 11.8 Å². The number of hydrogen-bond donors (Lipinski definition) is 1. The van der Waals surface area contributed by atoms with E-state index in [1.807, 2.05) is 38.1 Å². The highest BCUT2D eigenvalue weighted by molar-refractivity contribution is 8.14. The largest absolute Gasteiger partial charge is 0.573 e. The molecule has 2 heterocycles. The highest BCUT2D eigenvalue weighted by Gasteiger charge is 2.31. The fourth-order valence-electron chi connectivity index (χ4n) is 5.27. The number of nitrogens with zero attached hydrogens (tertiary/aromatic N) is 5. The Hall–Kier alpha value is -4.32. The Balaban J connectivity index is 1.28. The van der Waals surface area contributed by atoms with Crippen molar-refractivity contribution in [2.24, 2.45) is 4.99 Å². The van der Waals surface area contributed by atoms with Crippen LogP contribution in [0.25, 0.3) is 17.1 Å². The van der Waals surface area contributed by atoms with E-state index in [1.165, 1.54) is 40.8 Å². The minimum Gasteiger partial charge on any atom is -0.406 e. The van der Waals surface area contributed by atoms with Gasteiger partial charge in [0, 0.05) is 23.5 Å². The average molecular weight is 623 g/mol. The van der Waals surface area contributed by atoms with Crippen molar-refractivity contribution in [2.45, 2.75) is 52.9 Å². The number of urea groups is 1. The molecule has 2 amide bonds. The predicted molar refractivity (Wildman–Crippen MR) is 168 cm³/mol. The van der Waals surface area contributed by atoms with Gasteiger partial charge in [0.15, 0.2) is 11.0 Å². The maximum absolute atomic E-state index is 13.2. The normalized spacial score (nSPS) is 15.0. The number of nitrogens with one attached hydrogen (secondary N) is 1. The third-order valence-corrected chi connectivity index (χ3v) is 8.26. The van der Waals surface area contributed by atoms with Gasteiger partial charge in [-0.15, -0.1) is 18.3 Å². The number of aromatic nitrogens is 3. The summed E-state index contributed by atoms with van der Waals surface area (Å²) in [4.78, 5) is 24.2. The van der Waals surface area contributed by atoms with Crippen LogP contribution in [0.5, 0.6) is 5.75 Å². The van der Waals surface area contributed by atoms with Crippen molar-refractivity contribution in [3.8, 4) is 22.8 Å². The van der Waals surface area contributed by atoms with Gasteiger partial charge in [0.1, 0.15) is 12.1 Å². The summed E-state index contributed by atoms with van der Waals surface area (Å²) in [6.07, 6.45) is -2.26. The Labute approximate surface area is 258 Å². The highest BCUT2D eigenvalue weighted by Crippen LogP contribution is 2.32. The molecule has 44 heavy (non-hydrogen) atoms. The monoisotopic (exact) mass is 622 g/mol. The molecule has 1 aromatic heterocycles. The number of carbonyl (C=O) groups excluding carboxylic acids is 1. The number of aryl methyl sites for hydroxylation is 3. The van der Waals surface area contributed by atoms with E-state index in [4.69, 9.17) is 0 Å². The van der Waals surface area contributed by atoms with Gasteiger partial charge in [0.25, 0.3) is 0 Å². The molecule has 0 spiro atoms. The Morgan fingerprint density at radius 2 is 1.66 bits per heavy atom. The van der Waals surface area contributed by atoms with Crippen LogP contribution in [0.15, 0.2) is 72.0 Å². The molecule has 0 unspecified atom stereocenters. The van der Waals surface area contributed by atoms with Gasteiger partial charge in [-0.2, -0.15) is 4.99 Å². The molecule has 0 radical (unpaired) electrons. The molecule has 1 aliphatic heterocycles. The van der Waals surface area contributed by atoms with E-state index in [-0.39, 0.29) is 5.75 Å². The van der Waals surface area contributed by atoms with Gasteiger partial charge in [-0.3, -0.25) is 0 Å². The van der Waals surface area contributed by atoms with E-state index in [2.05, 4.69) is 62.9 Å². The lowest BCUT2D eigenvalue weighted by Gasteiger charge is -2.32. The third-order valence-electron chi connectivity index (χ3n) is 7.20. The van der Waals surface area contributed by atoms with E-state index < -0.39 is 17.9 Å². The first-order chi connectivity index (χ1) is 20.8. The molecule has 1 saturated heterocycles. The number of halogens is 3. The number of hydrogen-bond acceptors (Lipinski definition) is 5. The summed E-state index contributed by atoms with van der Waals surface area (Å²) in [5, 5.41) is 8.20. The van der Waals surface area contributed by atoms with Gasteiger partial charge in [0.05, 0.1) is 11.2 Å². The number of thioether (sulfide) groups is 1. The van der Waals surface area contributed by atoms with Crippen LogP contribution in [0.4, 0.5) is 23.7 Å². The summed E-state index contributed by atoms with van der Waals surface area (Å²) in [6, 6.07) is 16.8. The number of benzene rings is 3. The number of amides is 2. The SMILES string of the molecule is Cc1cc(C)c(N2CCCSC2=NC(=O)NC(C)(C)c2ccc(-c3ncn(-c4ccc(OC(F)(F)F)cc4)n3)cc2)c(C)c1. The van der Waals surface area contributed by atoms with Gasteiger partial charge in [-0.1, -0.05) is 53.7 Å². The van der Waals surface area contributed by atoms with Gasteiger partial charge in [-0.05, 0) is 82.0 Å². The van der Waals surface area contributed by atoms with E-state index in [0.29, 0.717) is 16.7 Å². The Morgan fingerprint density at radius 1 is 1.00 bits per heavy atom. The van der Waals surface area contributed by atoms with Crippen molar-refractivity contribution in [3.63, 3.8) is 0 Å². The van der Waals surface area contributed by atoms with Crippen LogP contribution in [0.3, 0.4) is 0 Å². The maximum atomic E-state index is 13.2. The van der Waals surface area contributed by atoms with E-state index >= 15 is 0 Å². The summed E-state index contributed by atoms with van der Waals surface area (Å²) in [5.74, 6) is 1.03. The predicted octanol–water partition coefficient (Wildman–Crippen LogP) is 7.70. The number of amidine groups is 1. The molecule has 1 aliphatic rings. The second kappa shape index (κ2) is 12.4. The molecule has 3 aromatic carbocycles. The smallest absolute Gasteiger partial charge is 0.406 e. The lowest BCUT2D eigenvalue weighted by atomic mass is 9.93. The van der Waals surface area contributed by atoms with Crippen LogP contribution in [0.2, 0.25) is 0 Å². The molecule has 0 atom stereocenters. The van der Waals surface area contributed by atoms with Gasteiger partial charge in [0.2, 0.25) is 0 Å². The van der Waals surface area contributed by atoms with Crippen LogP contribution >= 0.6 is 11.8 Å². The zero-order chi connectivity index (χ0) is 31.6. The fourth-order valence-corrected chi connectivity index (χ4v) is 6.21. The maximum Gasteiger partial charge on any atom is 0.573 e. The highest BCUT2D eigenvalue weighted by atomic mass is 32.2. The summed E-state index contributed by atoms with van der Waals surface area (Å²) in [7, 11) is 0. The molecule has 4 aromatic rings.